The molecule has 3 atom stereocenters. The number of aliphatic hydroxyl groups excluding tert-OH is 1. The number of nitrogens with zero attached hydrogens (tertiary/aromatic N) is 11. The zero-order chi connectivity index (χ0) is 58.8. The fourth-order valence-corrected chi connectivity index (χ4v) is 11.6. The molecule has 1 aliphatic carbocycles. The molecule has 24 nitrogen and oxygen atoms in total. The number of hydrogen-bond donors (Lipinski definition) is 4. The number of Topliss-reactive ketones (excluding diaryl/α,β-unsaturated/α-hetero) is 1. The number of benzene rings is 1. The number of anilines is 3. The normalized spacial score (nSPS) is 17.1. The molecule has 0 bridgehead atoms. The van der Waals surface area contributed by atoms with Crippen LogP contribution in [0.15, 0.2) is 65.3 Å². The number of piperazine rings is 1. The summed E-state index contributed by atoms with van der Waals surface area (Å²) in [5.41, 5.74) is 6.42. The molecule has 83 heavy (non-hydrogen) atoms. The minimum Gasteiger partial charge on any atom is -0.391 e. The van der Waals surface area contributed by atoms with E-state index in [1.54, 1.807) is 51.6 Å². The van der Waals surface area contributed by atoms with Gasteiger partial charge in [0.05, 0.1) is 91.3 Å². The van der Waals surface area contributed by atoms with Crippen molar-refractivity contribution in [3.05, 3.63) is 98.9 Å². The number of thiazole rings is 1. The van der Waals surface area contributed by atoms with Crippen molar-refractivity contribution < 1.29 is 43.3 Å². The minimum atomic E-state index is -0.986. The Hall–Kier alpha value is -7.58. The molecule has 2 aliphatic heterocycles. The molecule has 7 heterocycles. The SMILES string of the molecule is CC(=O)c1c(C)c2cnc(Nc3ccc(N4CCN(C(=O)Cc5cn(CCOCCOCCOCC(=O)N[C@H](C(=O)N6C[C@H](O)C[C@H]6C(=O)NCc6ccc(-c7scnc7C)cc6)C(C)(C)C)nn5)CC4)cn3)nc2n(C2CCCC2)c1=O. The highest BCUT2D eigenvalue weighted by molar-refractivity contribution is 7.13. The molecule has 0 radical (unpaired) electrons. The predicted octanol–water partition coefficient (Wildman–Crippen LogP) is 4.33. The lowest BCUT2D eigenvalue weighted by Crippen LogP contribution is -2.58. The van der Waals surface area contributed by atoms with Gasteiger partial charge in [0.15, 0.2) is 5.78 Å². The molecule has 442 valence electrons. The molecule has 0 unspecified atom stereocenters. The summed E-state index contributed by atoms with van der Waals surface area (Å²) in [4.78, 5) is 105. The van der Waals surface area contributed by atoms with Crippen LogP contribution in [-0.2, 0) is 52.9 Å². The van der Waals surface area contributed by atoms with Crippen LogP contribution in [0.1, 0.15) is 98.7 Å². The number of aromatic nitrogens is 8. The maximum Gasteiger partial charge on any atom is 0.263 e. The molecule has 4 amide bonds. The van der Waals surface area contributed by atoms with E-state index in [0.29, 0.717) is 80.0 Å². The maximum atomic E-state index is 14.0. The number of rotatable bonds is 24. The highest BCUT2D eigenvalue weighted by Crippen LogP contribution is 2.33. The largest absolute Gasteiger partial charge is 0.391 e. The van der Waals surface area contributed by atoms with Crippen molar-refractivity contribution in [2.75, 3.05) is 82.6 Å². The number of hydrogen-bond acceptors (Lipinski definition) is 19. The molecule has 9 rings (SSSR count). The number of ether oxygens (including phenoxy) is 3. The number of pyridine rings is 2. The van der Waals surface area contributed by atoms with Gasteiger partial charge in [0.25, 0.3) is 5.56 Å². The van der Waals surface area contributed by atoms with Crippen LogP contribution in [0.4, 0.5) is 17.5 Å². The molecule has 2 saturated heterocycles. The average Bonchev–Trinajstić information content (AvgIpc) is 2.38. The summed E-state index contributed by atoms with van der Waals surface area (Å²) in [7, 11) is 0. The first-order chi connectivity index (χ1) is 39.9. The quantitative estimate of drug-likeness (QED) is 0.0485. The van der Waals surface area contributed by atoms with Gasteiger partial charge in [0.2, 0.25) is 29.6 Å². The zero-order valence-corrected chi connectivity index (χ0v) is 48.8. The second-order valence-corrected chi connectivity index (χ2v) is 23.2. The highest BCUT2D eigenvalue weighted by Gasteiger charge is 2.44. The Morgan fingerprint density at radius 1 is 0.880 bits per heavy atom. The van der Waals surface area contributed by atoms with E-state index >= 15 is 0 Å². The Morgan fingerprint density at radius 3 is 2.28 bits per heavy atom. The molecular weight excluding hydrogens is 1080 g/mol. The van der Waals surface area contributed by atoms with Crippen LogP contribution in [-0.4, -0.2) is 174 Å². The predicted molar refractivity (Wildman–Crippen MR) is 310 cm³/mol. The van der Waals surface area contributed by atoms with E-state index in [2.05, 4.69) is 46.1 Å². The fourth-order valence-electron chi connectivity index (χ4n) is 10.8. The molecule has 25 heteroatoms. The lowest BCUT2D eigenvalue weighted by Gasteiger charge is -2.36. The average molecular weight is 1160 g/mol. The van der Waals surface area contributed by atoms with Crippen LogP contribution < -0.4 is 26.4 Å². The van der Waals surface area contributed by atoms with Gasteiger partial charge in [-0.1, -0.05) is 63.1 Å². The van der Waals surface area contributed by atoms with Gasteiger partial charge in [-0.05, 0) is 67.9 Å². The molecule has 4 N–H and O–H groups in total. The number of carbonyl (C=O) groups excluding carboxylic acids is 5. The van der Waals surface area contributed by atoms with Gasteiger partial charge in [-0.25, -0.2) is 19.6 Å². The number of β-amino-alcohol motifs (C(OH)–C–C–N with tert-alkyl or cyclic N) is 1. The zero-order valence-electron chi connectivity index (χ0n) is 48.0. The van der Waals surface area contributed by atoms with Crippen molar-refractivity contribution in [2.45, 2.75) is 117 Å². The summed E-state index contributed by atoms with van der Waals surface area (Å²) >= 11 is 1.57. The molecule has 3 aliphatic rings. The van der Waals surface area contributed by atoms with E-state index in [9.17, 15) is 33.9 Å². The summed E-state index contributed by atoms with van der Waals surface area (Å²) < 4.78 is 20.2. The van der Waals surface area contributed by atoms with Gasteiger partial charge in [-0.15, -0.1) is 16.4 Å². The van der Waals surface area contributed by atoms with Crippen LogP contribution in [0.5, 0.6) is 0 Å². The van der Waals surface area contributed by atoms with E-state index in [1.165, 1.54) is 11.8 Å². The molecule has 3 fully saturated rings. The molecule has 5 aromatic heterocycles. The van der Waals surface area contributed by atoms with Crippen molar-refractivity contribution in [3.63, 3.8) is 0 Å². The summed E-state index contributed by atoms with van der Waals surface area (Å²) in [5.74, 6) is -0.818. The van der Waals surface area contributed by atoms with Crippen molar-refractivity contribution in [1.82, 2.24) is 59.9 Å². The lowest BCUT2D eigenvalue weighted by molar-refractivity contribution is -0.144. The van der Waals surface area contributed by atoms with E-state index in [1.807, 2.05) is 69.0 Å². The van der Waals surface area contributed by atoms with Gasteiger partial charge in [0.1, 0.15) is 30.2 Å². The van der Waals surface area contributed by atoms with E-state index < -0.39 is 35.4 Å². The van der Waals surface area contributed by atoms with Crippen molar-refractivity contribution in [2.24, 2.45) is 5.41 Å². The third-order valence-corrected chi connectivity index (χ3v) is 16.3. The summed E-state index contributed by atoms with van der Waals surface area (Å²) in [6.07, 6.45) is 8.23. The third-order valence-electron chi connectivity index (χ3n) is 15.3. The maximum absolute atomic E-state index is 14.0. The van der Waals surface area contributed by atoms with Crippen LogP contribution in [0, 0.1) is 19.3 Å². The number of likely N-dealkylation sites (tertiary alicyclic amines) is 1. The number of aliphatic hydroxyl groups is 1. The van der Waals surface area contributed by atoms with Gasteiger partial charge in [-0.2, -0.15) is 4.98 Å². The summed E-state index contributed by atoms with van der Waals surface area (Å²) in [5, 5.41) is 28.5. The van der Waals surface area contributed by atoms with Crippen LogP contribution in [0.3, 0.4) is 0 Å². The van der Waals surface area contributed by atoms with Crippen molar-refractivity contribution in [1.29, 1.82) is 0 Å². The minimum absolute atomic E-state index is 0.0238. The number of carbonyl (C=O) groups is 5. The van der Waals surface area contributed by atoms with Gasteiger partial charge < -0.3 is 50.0 Å². The molecule has 6 aromatic rings. The van der Waals surface area contributed by atoms with Gasteiger partial charge in [-0.3, -0.25) is 33.3 Å². The molecule has 0 spiro atoms. The lowest BCUT2D eigenvalue weighted by atomic mass is 9.85. The summed E-state index contributed by atoms with van der Waals surface area (Å²) in [6.45, 7) is 14.5. The number of aryl methyl sites for hydroxylation is 2. The van der Waals surface area contributed by atoms with Crippen LogP contribution in [0.25, 0.3) is 21.5 Å². The summed E-state index contributed by atoms with van der Waals surface area (Å²) in [6, 6.07) is 9.73. The Kier molecular flexibility index (Phi) is 19.7. The third kappa shape index (κ3) is 15.0. The Morgan fingerprint density at radius 2 is 1.60 bits per heavy atom. The molecular formula is C58H74N14O10S. The van der Waals surface area contributed by atoms with Gasteiger partial charge >= 0.3 is 0 Å². The first kappa shape index (κ1) is 60.0. The Bertz CT molecular complexity index is 3310. The standard InChI is InChI=1S/C58H74N14O10S/c1-36-45-31-61-57(65-53(45)72(42-9-7-8-10-42)55(78)50(36)38(3)73)63-47-16-15-43(30-59-47)68-17-19-69(20-18-68)49(76)27-41-32-70(67-66-41)21-22-80-23-24-81-25-26-82-34-48(75)64-52(58(4,5)6)56(79)71-33-44(74)28-46(71)54(77)60-29-39-11-13-40(14-12-39)51-37(2)62-35-83-51/h11-16,30-32,35,42,44,46,52,74H,7-10,17-29,33-34H2,1-6H3,(H,60,77)(H,64,75)(H,59,61,63,65)/t44-,46+,52-/m1/s1. The topological polar surface area (TPSA) is 283 Å². The second-order valence-electron chi connectivity index (χ2n) is 22.4. The number of nitrogens with one attached hydrogen (secondary N) is 3. The Labute approximate surface area is 485 Å². The van der Waals surface area contributed by atoms with Gasteiger partial charge in [0, 0.05) is 69.5 Å². The fraction of sp³-hybridized carbons (Fsp3) is 0.517. The highest BCUT2D eigenvalue weighted by atomic mass is 32.1. The molecule has 1 saturated carbocycles. The van der Waals surface area contributed by atoms with Crippen molar-refractivity contribution >= 4 is 69.2 Å². The molecule has 1 aromatic carbocycles. The van der Waals surface area contributed by atoms with Crippen molar-refractivity contribution in [3.8, 4) is 10.4 Å². The first-order valence-corrected chi connectivity index (χ1v) is 29.2. The van der Waals surface area contributed by atoms with E-state index in [0.717, 1.165) is 53.1 Å². The first-order valence-electron chi connectivity index (χ1n) is 28.3. The number of ketones is 1. The Balaban J connectivity index is 0.630. The van der Waals surface area contributed by atoms with E-state index in [-0.39, 0.29) is 87.1 Å². The monoisotopic (exact) mass is 1160 g/mol. The number of amides is 4. The van der Waals surface area contributed by atoms with E-state index in [4.69, 9.17) is 19.2 Å². The number of fused-ring (bicyclic) bond motifs is 1. The smallest absolute Gasteiger partial charge is 0.263 e. The van der Waals surface area contributed by atoms with Crippen LogP contribution in [0.2, 0.25) is 0 Å². The second kappa shape index (κ2) is 27.2. The van der Waals surface area contributed by atoms with Crippen LogP contribution >= 0.6 is 11.3 Å².